The molecule has 0 saturated heterocycles. The SMILES string of the molecule is C=CCOc1c(/C=C(\C#N)C(=O)O)cccc1OC. The number of hydrogen-bond acceptors (Lipinski definition) is 4. The summed E-state index contributed by atoms with van der Waals surface area (Å²) >= 11 is 0. The van der Waals surface area contributed by atoms with E-state index >= 15 is 0 Å². The van der Waals surface area contributed by atoms with Crippen molar-refractivity contribution < 1.29 is 19.4 Å². The first kappa shape index (κ1) is 14.3. The van der Waals surface area contributed by atoms with Crippen molar-refractivity contribution in [1.29, 1.82) is 5.26 Å². The average molecular weight is 259 g/mol. The number of carboxylic acids is 1. The molecule has 0 aromatic heterocycles. The average Bonchev–Trinajstić information content (AvgIpc) is 2.42. The Hall–Kier alpha value is -2.74. The number of aliphatic carboxylic acids is 1. The zero-order valence-electron chi connectivity index (χ0n) is 10.4. The monoisotopic (exact) mass is 259 g/mol. The van der Waals surface area contributed by atoms with E-state index < -0.39 is 5.97 Å². The van der Waals surface area contributed by atoms with Crippen molar-refractivity contribution in [3.05, 3.63) is 42.0 Å². The molecule has 0 aliphatic heterocycles. The summed E-state index contributed by atoms with van der Waals surface area (Å²) < 4.78 is 10.6. The van der Waals surface area contributed by atoms with E-state index in [1.54, 1.807) is 30.3 Å². The van der Waals surface area contributed by atoms with Crippen LogP contribution in [-0.2, 0) is 4.79 Å². The molecule has 0 bridgehead atoms. The topological polar surface area (TPSA) is 79.5 Å². The van der Waals surface area contributed by atoms with Crippen LogP contribution in [0.25, 0.3) is 6.08 Å². The number of para-hydroxylation sites is 1. The quantitative estimate of drug-likeness (QED) is 0.481. The number of benzene rings is 1. The number of carboxylic acid groups (broad SMARTS) is 1. The fraction of sp³-hybridized carbons (Fsp3) is 0.143. The summed E-state index contributed by atoms with van der Waals surface area (Å²) in [7, 11) is 1.48. The van der Waals surface area contributed by atoms with Crippen LogP contribution in [0.2, 0.25) is 0 Å². The van der Waals surface area contributed by atoms with Crippen LogP contribution < -0.4 is 9.47 Å². The highest BCUT2D eigenvalue weighted by atomic mass is 16.5. The Kier molecular flexibility index (Phi) is 5.17. The molecule has 1 rings (SSSR count). The van der Waals surface area contributed by atoms with Crippen molar-refractivity contribution >= 4 is 12.0 Å². The van der Waals surface area contributed by atoms with Gasteiger partial charge in [-0.2, -0.15) is 5.26 Å². The van der Waals surface area contributed by atoms with E-state index in [1.165, 1.54) is 13.2 Å². The van der Waals surface area contributed by atoms with Gasteiger partial charge in [0, 0.05) is 5.56 Å². The molecule has 0 amide bonds. The zero-order valence-corrected chi connectivity index (χ0v) is 10.4. The Morgan fingerprint density at radius 2 is 2.32 bits per heavy atom. The minimum Gasteiger partial charge on any atom is -0.493 e. The van der Waals surface area contributed by atoms with Crippen LogP contribution in [0.1, 0.15) is 5.56 Å². The van der Waals surface area contributed by atoms with Crippen molar-refractivity contribution in [2.24, 2.45) is 0 Å². The molecule has 1 aromatic rings. The molecule has 98 valence electrons. The van der Waals surface area contributed by atoms with Gasteiger partial charge in [0.15, 0.2) is 11.5 Å². The van der Waals surface area contributed by atoms with Gasteiger partial charge in [0.1, 0.15) is 18.2 Å². The van der Waals surface area contributed by atoms with Crippen molar-refractivity contribution in [3.63, 3.8) is 0 Å². The third-order valence-electron chi connectivity index (χ3n) is 2.23. The molecule has 1 N–H and O–H groups in total. The third kappa shape index (κ3) is 3.61. The van der Waals surface area contributed by atoms with Crippen molar-refractivity contribution in [1.82, 2.24) is 0 Å². The zero-order chi connectivity index (χ0) is 14.3. The van der Waals surface area contributed by atoms with Gasteiger partial charge in [-0.05, 0) is 12.1 Å². The largest absolute Gasteiger partial charge is 0.493 e. The summed E-state index contributed by atoms with van der Waals surface area (Å²) in [4.78, 5) is 10.8. The van der Waals surface area contributed by atoms with Crippen LogP contribution in [0.5, 0.6) is 11.5 Å². The van der Waals surface area contributed by atoms with Crippen LogP contribution in [0.15, 0.2) is 36.4 Å². The molecule has 19 heavy (non-hydrogen) atoms. The Bertz CT molecular complexity index is 555. The first-order chi connectivity index (χ1) is 9.13. The summed E-state index contributed by atoms with van der Waals surface area (Å²) in [5.41, 5.74) is 0.0804. The molecule has 0 spiro atoms. The second-order valence-corrected chi connectivity index (χ2v) is 3.45. The number of nitriles is 1. The lowest BCUT2D eigenvalue weighted by atomic mass is 10.1. The van der Waals surface area contributed by atoms with E-state index in [4.69, 9.17) is 19.8 Å². The highest BCUT2D eigenvalue weighted by Gasteiger charge is 2.12. The standard InChI is InChI=1S/C14H13NO4/c1-3-7-19-13-10(5-4-6-12(13)18-2)8-11(9-15)14(16)17/h3-6,8H,1,7H2,2H3,(H,16,17)/b11-8+. The number of ether oxygens (including phenoxy) is 2. The van der Waals surface area contributed by atoms with Crippen LogP contribution in [0, 0.1) is 11.3 Å². The molecule has 0 aliphatic carbocycles. The lowest BCUT2D eigenvalue weighted by Gasteiger charge is -2.12. The summed E-state index contributed by atoms with van der Waals surface area (Å²) in [5.74, 6) is -0.461. The lowest BCUT2D eigenvalue weighted by Crippen LogP contribution is -2.01. The molecule has 0 aliphatic rings. The van der Waals surface area contributed by atoms with Crippen molar-refractivity contribution in [2.75, 3.05) is 13.7 Å². The fourth-order valence-electron chi connectivity index (χ4n) is 1.40. The van der Waals surface area contributed by atoms with Gasteiger partial charge < -0.3 is 14.6 Å². The minimum atomic E-state index is -1.29. The smallest absolute Gasteiger partial charge is 0.346 e. The van der Waals surface area contributed by atoms with Gasteiger partial charge in [0.25, 0.3) is 0 Å². The molecule has 0 atom stereocenters. The van der Waals surface area contributed by atoms with Gasteiger partial charge >= 0.3 is 5.97 Å². The molecular weight excluding hydrogens is 246 g/mol. The van der Waals surface area contributed by atoms with Gasteiger partial charge in [-0.15, -0.1) is 0 Å². The molecule has 0 saturated carbocycles. The maximum Gasteiger partial charge on any atom is 0.346 e. The second-order valence-electron chi connectivity index (χ2n) is 3.45. The number of hydrogen-bond donors (Lipinski definition) is 1. The summed E-state index contributed by atoms with van der Waals surface area (Å²) in [6, 6.07) is 6.62. The number of nitrogens with zero attached hydrogens (tertiary/aromatic N) is 1. The normalized spacial score (nSPS) is 10.4. The Morgan fingerprint density at radius 3 is 2.84 bits per heavy atom. The number of carbonyl (C=O) groups is 1. The molecule has 5 heteroatoms. The van der Waals surface area contributed by atoms with E-state index in [9.17, 15) is 4.79 Å². The van der Waals surface area contributed by atoms with E-state index in [-0.39, 0.29) is 12.2 Å². The molecule has 0 fully saturated rings. The second kappa shape index (κ2) is 6.87. The van der Waals surface area contributed by atoms with Gasteiger partial charge in [-0.1, -0.05) is 24.8 Å². The van der Waals surface area contributed by atoms with E-state index in [2.05, 4.69) is 6.58 Å². The van der Waals surface area contributed by atoms with Crippen molar-refractivity contribution in [3.8, 4) is 17.6 Å². The molecule has 1 aromatic carbocycles. The predicted octanol–water partition coefficient (Wildman–Crippen LogP) is 2.25. The first-order valence-electron chi connectivity index (χ1n) is 5.39. The number of rotatable bonds is 6. The first-order valence-corrected chi connectivity index (χ1v) is 5.39. The van der Waals surface area contributed by atoms with Gasteiger partial charge in [0.05, 0.1) is 7.11 Å². The summed E-state index contributed by atoms with van der Waals surface area (Å²) in [6.45, 7) is 3.78. The Labute approximate surface area is 111 Å². The molecule has 0 radical (unpaired) electrons. The molecule has 5 nitrogen and oxygen atoms in total. The summed E-state index contributed by atoms with van der Waals surface area (Å²) in [6.07, 6.45) is 2.80. The Morgan fingerprint density at radius 1 is 1.58 bits per heavy atom. The minimum absolute atomic E-state index is 0.246. The lowest BCUT2D eigenvalue weighted by molar-refractivity contribution is -0.132. The maximum absolute atomic E-state index is 10.8. The van der Waals surface area contributed by atoms with Crippen LogP contribution >= 0.6 is 0 Å². The van der Waals surface area contributed by atoms with Gasteiger partial charge in [0.2, 0.25) is 0 Å². The highest BCUT2D eigenvalue weighted by molar-refractivity contribution is 5.97. The third-order valence-corrected chi connectivity index (χ3v) is 2.23. The Balaban J connectivity index is 3.30. The van der Waals surface area contributed by atoms with E-state index in [0.29, 0.717) is 17.1 Å². The predicted molar refractivity (Wildman–Crippen MR) is 69.9 cm³/mol. The van der Waals surface area contributed by atoms with Crippen LogP contribution in [0.4, 0.5) is 0 Å². The van der Waals surface area contributed by atoms with Crippen LogP contribution in [0.3, 0.4) is 0 Å². The highest BCUT2D eigenvalue weighted by Crippen LogP contribution is 2.32. The van der Waals surface area contributed by atoms with Crippen LogP contribution in [-0.4, -0.2) is 24.8 Å². The maximum atomic E-state index is 10.8. The van der Waals surface area contributed by atoms with E-state index in [1.807, 2.05) is 0 Å². The molecule has 0 unspecified atom stereocenters. The summed E-state index contributed by atoms with van der Waals surface area (Å²) in [5, 5.41) is 17.6. The fourth-order valence-corrected chi connectivity index (χ4v) is 1.40. The van der Waals surface area contributed by atoms with Crippen molar-refractivity contribution in [2.45, 2.75) is 0 Å². The molecule has 0 heterocycles. The number of methoxy groups -OCH3 is 1. The van der Waals surface area contributed by atoms with E-state index in [0.717, 1.165) is 0 Å². The van der Waals surface area contributed by atoms with Gasteiger partial charge in [-0.3, -0.25) is 0 Å². The molecular formula is C14H13NO4. The van der Waals surface area contributed by atoms with Gasteiger partial charge in [-0.25, -0.2) is 4.79 Å².